The van der Waals surface area contributed by atoms with Gasteiger partial charge in [-0.3, -0.25) is 14.5 Å². The second kappa shape index (κ2) is 3.67. The molecule has 0 bridgehead atoms. The lowest BCUT2D eigenvalue weighted by Gasteiger charge is -2.23. The molecule has 0 saturated carbocycles. The maximum Gasteiger partial charge on any atom is 0.261 e. The highest BCUT2D eigenvalue weighted by atomic mass is 16.5. The quantitative estimate of drug-likeness (QED) is 0.685. The minimum Gasteiger partial charge on any atom is -0.379 e. The van der Waals surface area contributed by atoms with Crippen molar-refractivity contribution in [2.24, 2.45) is 5.92 Å². The van der Waals surface area contributed by atoms with Gasteiger partial charge in [0.15, 0.2) is 0 Å². The van der Waals surface area contributed by atoms with Crippen molar-refractivity contribution in [3.05, 3.63) is 35.4 Å². The third-order valence-corrected chi connectivity index (χ3v) is 3.48. The van der Waals surface area contributed by atoms with Crippen molar-refractivity contribution < 1.29 is 14.3 Å². The molecule has 2 atom stereocenters. The number of nitrogens with zero attached hydrogens (tertiary/aromatic N) is 1. The SMILES string of the molecule is C[C@@H]1COC[C@@H]1N1C(=O)c2ccccc2C1=O. The van der Waals surface area contributed by atoms with E-state index in [-0.39, 0.29) is 23.8 Å². The van der Waals surface area contributed by atoms with E-state index in [4.69, 9.17) is 4.74 Å². The van der Waals surface area contributed by atoms with Gasteiger partial charge in [0, 0.05) is 5.92 Å². The smallest absolute Gasteiger partial charge is 0.261 e. The van der Waals surface area contributed by atoms with E-state index >= 15 is 0 Å². The fourth-order valence-corrected chi connectivity index (χ4v) is 2.49. The lowest BCUT2D eigenvalue weighted by Crippen LogP contribution is -2.43. The van der Waals surface area contributed by atoms with Crippen LogP contribution in [0.5, 0.6) is 0 Å². The molecule has 0 N–H and O–H groups in total. The Morgan fingerprint density at radius 3 is 2.18 bits per heavy atom. The van der Waals surface area contributed by atoms with Gasteiger partial charge in [0.25, 0.3) is 11.8 Å². The molecular formula is C13H13NO3. The summed E-state index contributed by atoms with van der Waals surface area (Å²) in [4.78, 5) is 25.7. The Kier molecular flexibility index (Phi) is 2.26. The topological polar surface area (TPSA) is 46.6 Å². The Morgan fingerprint density at radius 2 is 1.71 bits per heavy atom. The number of imide groups is 1. The van der Waals surface area contributed by atoms with Crippen LogP contribution in [0, 0.1) is 5.92 Å². The van der Waals surface area contributed by atoms with E-state index in [0.717, 1.165) is 0 Å². The molecule has 2 aliphatic rings. The summed E-state index contributed by atoms with van der Waals surface area (Å²) in [5.74, 6) is -0.168. The third kappa shape index (κ3) is 1.41. The zero-order valence-electron chi connectivity index (χ0n) is 9.55. The van der Waals surface area contributed by atoms with Crippen molar-refractivity contribution in [3.8, 4) is 0 Å². The van der Waals surface area contributed by atoms with Gasteiger partial charge in [-0.25, -0.2) is 0 Å². The summed E-state index contributed by atoms with van der Waals surface area (Å²) in [5.41, 5.74) is 1.02. The van der Waals surface area contributed by atoms with E-state index in [1.54, 1.807) is 24.3 Å². The number of rotatable bonds is 1. The summed E-state index contributed by atoms with van der Waals surface area (Å²) in [6.45, 7) is 3.06. The second-order valence-corrected chi connectivity index (χ2v) is 4.61. The van der Waals surface area contributed by atoms with E-state index in [0.29, 0.717) is 24.3 Å². The number of ether oxygens (including phenoxy) is 1. The van der Waals surface area contributed by atoms with E-state index in [9.17, 15) is 9.59 Å². The fraction of sp³-hybridized carbons (Fsp3) is 0.385. The molecule has 1 saturated heterocycles. The Bertz CT molecular complexity index is 462. The minimum absolute atomic E-state index is 0.123. The molecule has 88 valence electrons. The van der Waals surface area contributed by atoms with Crippen LogP contribution in [0.4, 0.5) is 0 Å². The zero-order valence-corrected chi connectivity index (χ0v) is 9.55. The van der Waals surface area contributed by atoms with Crippen molar-refractivity contribution in [1.29, 1.82) is 0 Å². The number of fused-ring (bicyclic) bond motifs is 1. The first-order valence-electron chi connectivity index (χ1n) is 5.75. The molecule has 3 rings (SSSR count). The van der Waals surface area contributed by atoms with Gasteiger partial charge in [-0.05, 0) is 12.1 Å². The molecule has 2 aliphatic heterocycles. The molecule has 2 heterocycles. The first-order chi connectivity index (χ1) is 8.20. The van der Waals surface area contributed by atoms with Crippen LogP contribution in [0.2, 0.25) is 0 Å². The first kappa shape index (κ1) is 10.5. The standard InChI is InChI=1S/C13H13NO3/c1-8-6-17-7-11(8)14-12(15)9-4-2-3-5-10(9)13(14)16/h2-5,8,11H,6-7H2,1H3/t8-,11+/m1/s1. The molecule has 0 radical (unpaired) electrons. The lowest BCUT2D eigenvalue weighted by atomic mass is 10.1. The number of hydrogen-bond donors (Lipinski definition) is 0. The number of hydrogen-bond acceptors (Lipinski definition) is 3. The average Bonchev–Trinajstić information content (AvgIpc) is 2.84. The van der Waals surface area contributed by atoms with Crippen LogP contribution in [0.3, 0.4) is 0 Å². The van der Waals surface area contributed by atoms with Gasteiger partial charge in [0.2, 0.25) is 0 Å². The number of carbonyl (C=O) groups is 2. The van der Waals surface area contributed by atoms with Crippen LogP contribution in [0.25, 0.3) is 0 Å². The Morgan fingerprint density at radius 1 is 1.12 bits per heavy atom. The van der Waals surface area contributed by atoms with Crippen molar-refractivity contribution in [1.82, 2.24) is 4.90 Å². The van der Waals surface area contributed by atoms with E-state index in [1.807, 2.05) is 6.92 Å². The molecule has 1 aromatic carbocycles. The van der Waals surface area contributed by atoms with Gasteiger partial charge in [0.05, 0.1) is 30.4 Å². The molecule has 0 unspecified atom stereocenters. The van der Waals surface area contributed by atoms with E-state index < -0.39 is 0 Å². The highest BCUT2D eigenvalue weighted by Gasteiger charge is 2.43. The first-order valence-corrected chi connectivity index (χ1v) is 5.75. The zero-order chi connectivity index (χ0) is 12.0. The van der Waals surface area contributed by atoms with Gasteiger partial charge in [-0.1, -0.05) is 19.1 Å². The summed E-state index contributed by atoms with van der Waals surface area (Å²) in [6.07, 6.45) is 0. The molecule has 1 aromatic rings. The summed E-state index contributed by atoms with van der Waals surface area (Å²) in [6, 6.07) is 6.85. The second-order valence-electron chi connectivity index (χ2n) is 4.61. The molecule has 0 spiro atoms. The Hall–Kier alpha value is -1.68. The number of amides is 2. The molecule has 4 nitrogen and oxygen atoms in total. The Labute approximate surface area is 99.2 Å². The predicted octanol–water partition coefficient (Wildman–Crippen LogP) is 1.32. The lowest BCUT2D eigenvalue weighted by molar-refractivity contribution is 0.0547. The predicted molar refractivity (Wildman–Crippen MR) is 60.7 cm³/mol. The van der Waals surface area contributed by atoms with Crippen molar-refractivity contribution >= 4 is 11.8 Å². The fourth-order valence-electron chi connectivity index (χ4n) is 2.49. The normalized spacial score (nSPS) is 27.7. The van der Waals surface area contributed by atoms with Crippen LogP contribution in [0.1, 0.15) is 27.6 Å². The maximum atomic E-state index is 12.2. The number of benzene rings is 1. The van der Waals surface area contributed by atoms with Crippen LogP contribution in [-0.2, 0) is 4.74 Å². The molecule has 17 heavy (non-hydrogen) atoms. The summed E-state index contributed by atoms with van der Waals surface area (Å²) in [7, 11) is 0. The van der Waals surface area contributed by atoms with Gasteiger partial charge in [0.1, 0.15) is 0 Å². The summed E-state index contributed by atoms with van der Waals surface area (Å²) < 4.78 is 5.33. The molecule has 2 amide bonds. The van der Waals surface area contributed by atoms with Crippen LogP contribution < -0.4 is 0 Å². The van der Waals surface area contributed by atoms with Gasteiger partial charge in [-0.2, -0.15) is 0 Å². The molecule has 0 aromatic heterocycles. The van der Waals surface area contributed by atoms with E-state index in [2.05, 4.69) is 0 Å². The maximum absolute atomic E-state index is 12.2. The van der Waals surface area contributed by atoms with Crippen LogP contribution in [-0.4, -0.2) is 36.0 Å². The third-order valence-electron chi connectivity index (χ3n) is 3.48. The molecule has 1 fully saturated rings. The van der Waals surface area contributed by atoms with Gasteiger partial charge < -0.3 is 4.74 Å². The molecular weight excluding hydrogens is 218 g/mol. The monoisotopic (exact) mass is 231 g/mol. The summed E-state index contributed by atoms with van der Waals surface area (Å²) in [5, 5.41) is 0. The van der Waals surface area contributed by atoms with Crippen molar-refractivity contribution in [2.75, 3.05) is 13.2 Å². The highest BCUT2D eigenvalue weighted by Crippen LogP contribution is 2.29. The summed E-state index contributed by atoms with van der Waals surface area (Å²) >= 11 is 0. The van der Waals surface area contributed by atoms with Gasteiger partial charge in [-0.15, -0.1) is 0 Å². The largest absolute Gasteiger partial charge is 0.379 e. The molecule has 0 aliphatic carbocycles. The van der Waals surface area contributed by atoms with Crippen LogP contribution in [0.15, 0.2) is 24.3 Å². The van der Waals surface area contributed by atoms with E-state index in [1.165, 1.54) is 4.90 Å². The van der Waals surface area contributed by atoms with Crippen molar-refractivity contribution in [3.63, 3.8) is 0 Å². The van der Waals surface area contributed by atoms with Gasteiger partial charge >= 0.3 is 0 Å². The number of carbonyl (C=O) groups excluding carboxylic acids is 2. The van der Waals surface area contributed by atoms with Crippen LogP contribution >= 0.6 is 0 Å². The Balaban J connectivity index is 2.00. The minimum atomic E-state index is -0.187. The average molecular weight is 231 g/mol. The van der Waals surface area contributed by atoms with Crippen molar-refractivity contribution in [2.45, 2.75) is 13.0 Å². The molecule has 4 heteroatoms. The highest BCUT2D eigenvalue weighted by molar-refractivity contribution is 6.21.